The summed E-state index contributed by atoms with van der Waals surface area (Å²) in [6.45, 7) is 2.05. The van der Waals surface area contributed by atoms with E-state index in [4.69, 9.17) is 17.0 Å². The number of aromatic amines is 2. The Morgan fingerprint density at radius 3 is 2.79 bits per heavy atom. The molecule has 0 saturated carbocycles. The summed E-state index contributed by atoms with van der Waals surface area (Å²) in [5, 5.41) is 21.2. The number of methoxy groups -OCH3 is 1. The van der Waals surface area contributed by atoms with Crippen molar-refractivity contribution in [3.63, 3.8) is 0 Å². The van der Waals surface area contributed by atoms with Crippen molar-refractivity contribution < 1.29 is 9.84 Å². The number of rotatable bonds is 6. The van der Waals surface area contributed by atoms with Crippen LogP contribution in [0.1, 0.15) is 11.3 Å². The predicted molar refractivity (Wildman–Crippen MR) is 88.0 cm³/mol. The predicted octanol–water partition coefficient (Wildman–Crippen LogP) is -0.509. The molecule has 0 aliphatic carbocycles. The molecule has 0 aromatic carbocycles. The van der Waals surface area contributed by atoms with Gasteiger partial charge in [-0.2, -0.15) is 5.10 Å². The molecular weight excluding hydrogens is 338 g/mol. The minimum absolute atomic E-state index is 0.00934. The number of aromatic nitrogens is 5. The molecular formula is C12H15N7O4S. The Balaban J connectivity index is 2.28. The molecule has 0 saturated heterocycles. The molecule has 12 heteroatoms. The summed E-state index contributed by atoms with van der Waals surface area (Å²) in [4.78, 5) is 28.1. The standard InChI is InChI=1S/C12H15N7O4S/c1-6-8(20)14-11(18-16-6)17-13-5-7-9(21)15-12(24)19(10(7)22)3-4-23-2/h5,22H,3-4H2,1-2H3,(H,15,21,24)(H2,14,17,18,20)/b13-5+. The summed E-state index contributed by atoms with van der Waals surface area (Å²) >= 11 is 4.99. The summed E-state index contributed by atoms with van der Waals surface area (Å²) in [7, 11) is 1.50. The van der Waals surface area contributed by atoms with Gasteiger partial charge in [-0.3, -0.25) is 24.1 Å². The fraction of sp³-hybridized carbons (Fsp3) is 0.333. The molecule has 2 aromatic heterocycles. The molecule has 0 radical (unpaired) electrons. The summed E-state index contributed by atoms with van der Waals surface area (Å²) in [6.07, 6.45) is 1.08. The molecule has 24 heavy (non-hydrogen) atoms. The van der Waals surface area contributed by atoms with Crippen LogP contribution in [0.25, 0.3) is 0 Å². The molecule has 2 aromatic rings. The van der Waals surface area contributed by atoms with Crippen molar-refractivity contribution in [3.8, 4) is 5.88 Å². The molecule has 0 unspecified atom stereocenters. The molecule has 0 spiro atoms. The van der Waals surface area contributed by atoms with E-state index in [0.717, 1.165) is 6.21 Å². The lowest BCUT2D eigenvalue weighted by Gasteiger charge is -2.10. The van der Waals surface area contributed by atoms with Crippen LogP contribution in [-0.2, 0) is 11.3 Å². The highest BCUT2D eigenvalue weighted by atomic mass is 32.1. The van der Waals surface area contributed by atoms with E-state index < -0.39 is 11.1 Å². The first-order chi connectivity index (χ1) is 11.4. The number of nitrogens with zero attached hydrogens (tertiary/aromatic N) is 4. The van der Waals surface area contributed by atoms with E-state index in [0.29, 0.717) is 6.61 Å². The molecule has 0 fully saturated rings. The first-order valence-corrected chi connectivity index (χ1v) is 7.12. The van der Waals surface area contributed by atoms with Crippen LogP contribution < -0.4 is 16.5 Å². The number of aromatic hydroxyl groups is 1. The average Bonchev–Trinajstić information content (AvgIpc) is 2.53. The third-order valence-electron chi connectivity index (χ3n) is 2.95. The highest BCUT2D eigenvalue weighted by Gasteiger charge is 2.10. The van der Waals surface area contributed by atoms with E-state index in [1.54, 1.807) is 0 Å². The maximum atomic E-state index is 11.9. The quantitative estimate of drug-likeness (QED) is 0.308. The first kappa shape index (κ1) is 17.5. The van der Waals surface area contributed by atoms with Crippen LogP contribution in [0.4, 0.5) is 5.95 Å². The Morgan fingerprint density at radius 2 is 2.12 bits per heavy atom. The van der Waals surface area contributed by atoms with Crippen molar-refractivity contribution in [1.82, 2.24) is 24.7 Å². The zero-order valence-corrected chi connectivity index (χ0v) is 13.7. The molecule has 11 nitrogen and oxygen atoms in total. The van der Waals surface area contributed by atoms with Crippen molar-refractivity contribution in [2.75, 3.05) is 19.1 Å². The summed E-state index contributed by atoms with van der Waals surface area (Å²) in [6, 6.07) is 0. The fourth-order valence-electron chi connectivity index (χ4n) is 1.68. The Bertz CT molecular complexity index is 930. The van der Waals surface area contributed by atoms with Gasteiger partial charge in [-0.25, -0.2) is 5.43 Å². The van der Waals surface area contributed by atoms with Gasteiger partial charge in [-0.05, 0) is 19.1 Å². The van der Waals surface area contributed by atoms with Crippen molar-refractivity contribution in [3.05, 3.63) is 36.7 Å². The topological polar surface area (TPSA) is 150 Å². The Hall–Kier alpha value is -2.86. The van der Waals surface area contributed by atoms with Gasteiger partial charge in [0.25, 0.3) is 11.1 Å². The van der Waals surface area contributed by atoms with Gasteiger partial charge in [0.15, 0.2) is 4.77 Å². The third-order valence-corrected chi connectivity index (χ3v) is 3.27. The Labute approximate surface area is 140 Å². The van der Waals surface area contributed by atoms with E-state index in [1.807, 2.05) is 0 Å². The minimum Gasteiger partial charge on any atom is -0.494 e. The molecule has 128 valence electrons. The van der Waals surface area contributed by atoms with Crippen molar-refractivity contribution in [1.29, 1.82) is 0 Å². The van der Waals surface area contributed by atoms with Gasteiger partial charge in [0.05, 0.1) is 19.4 Å². The van der Waals surface area contributed by atoms with Crippen LogP contribution in [0, 0.1) is 11.7 Å². The van der Waals surface area contributed by atoms with Gasteiger partial charge in [0.1, 0.15) is 11.3 Å². The number of ether oxygens (including phenoxy) is 1. The minimum atomic E-state index is -0.611. The average molecular weight is 353 g/mol. The Kier molecular flexibility index (Phi) is 5.55. The highest BCUT2D eigenvalue weighted by Crippen LogP contribution is 2.11. The molecule has 0 bridgehead atoms. The lowest BCUT2D eigenvalue weighted by Crippen LogP contribution is -2.20. The van der Waals surface area contributed by atoms with E-state index in [9.17, 15) is 14.7 Å². The zero-order chi connectivity index (χ0) is 17.7. The van der Waals surface area contributed by atoms with E-state index in [2.05, 4.69) is 30.7 Å². The monoisotopic (exact) mass is 353 g/mol. The van der Waals surface area contributed by atoms with Gasteiger partial charge < -0.3 is 9.84 Å². The van der Waals surface area contributed by atoms with Crippen LogP contribution in [0.5, 0.6) is 5.88 Å². The van der Waals surface area contributed by atoms with Crippen molar-refractivity contribution in [2.45, 2.75) is 13.5 Å². The molecule has 0 amide bonds. The lowest BCUT2D eigenvalue weighted by molar-refractivity contribution is 0.182. The third kappa shape index (κ3) is 3.91. The largest absolute Gasteiger partial charge is 0.494 e. The van der Waals surface area contributed by atoms with Crippen LogP contribution in [0.15, 0.2) is 14.7 Å². The SMILES string of the molecule is COCCn1c(O)c(/C=N/Nc2nnc(C)c(=O)[nH]2)c(=O)[nH]c1=S. The number of anilines is 1. The molecule has 4 N–H and O–H groups in total. The van der Waals surface area contributed by atoms with Gasteiger partial charge in [0.2, 0.25) is 11.8 Å². The van der Waals surface area contributed by atoms with Crippen molar-refractivity contribution >= 4 is 24.4 Å². The summed E-state index contributed by atoms with van der Waals surface area (Å²) in [5.74, 6) is -0.361. The number of hydrogen-bond acceptors (Lipinski definition) is 9. The number of H-pyrrole nitrogens is 2. The van der Waals surface area contributed by atoms with Crippen LogP contribution in [0.2, 0.25) is 0 Å². The van der Waals surface area contributed by atoms with Gasteiger partial charge in [-0.1, -0.05) is 0 Å². The molecule has 2 heterocycles. The smallest absolute Gasteiger partial charge is 0.274 e. The fourth-order valence-corrected chi connectivity index (χ4v) is 1.95. The van der Waals surface area contributed by atoms with Gasteiger partial charge >= 0.3 is 0 Å². The summed E-state index contributed by atoms with van der Waals surface area (Å²) < 4.78 is 6.28. The first-order valence-electron chi connectivity index (χ1n) is 6.71. The molecule has 2 rings (SSSR count). The van der Waals surface area contributed by atoms with E-state index >= 15 is 0 Å². The second-order valence-corrected chi connectivity index (χ2v) is 4.99. The molecule has 0 aliphatic rings. The van der Waals surface area contributed by atoms with Crippen LogP contribution in [-0.4, -0.2) is 49.8 Å². The molecule has 0 atom stereocenters. The second kappa shape index (κ2) is 7.61. The maximum absolute atomic E-state index is 11.9. The van der Waals surface area contributed by atoms with E-state index in [1.165, 1.54) is 18.6 Å². The summed E-state index contributed by atoms with van der Waals surface area (Å²) in [5.41, 5.74) is 1.47. The maximum Gasteiger partial charge on any atom is 0.274 e. The van der Waals surface area contributed by atoms with Crippen molar-refractivity contribution in [2.24, 2.45) is 5.10 Å². The lowest BCUT2D eigenvalue weighted by atomic mass is 10.3. The van der Waals surface area contributed by atoms with Crippen LogP contribution >= 0.6 is 12.2 Å². The number of nitrogens with one attached hydrogen (secondary N) is 3. The van der Waals surface area contributed by atoms with Crippen LogP contribution in [0.3, 0.4) is 0 Å². The number of hydrazone groups is 1. The number of hydrogen-bond donors (Lipinski definition) is 4. The van der Waals surface area contributed by atoms with Gasteiger partial charge in [-0.15, -0.1) is 10.2 Å². The normalized spacial score (nSPS) is 11.1. The molecule has 0 aliphatic heterocycles. The second-order valence-electron chi connectivity index (χ2n) is 4.60. The van der Waals surface area contributed by atoms with E-state index in [-0.39, 0.29) is 34.4 Å². The Morgan fingerprint density at radius 1 is 1.38 bits per heavy atom. The number of aryl methyl sites for hydroxylation is 1. The van der Waals surface area contributed by atoms with Gasteiger partial charge in [0, 0.05) is 7.11 Å². The highest BCUT2D eigenvalue weighted by molar-refractivity contribution is 7.71. The zero-order valence-electron chi connectivity index (χ0n) is 12.9.